The molecule has 0 bridgehead atoms. The summed E-state index contributed by atoms with van der Waals surface area (Å²) in [6.07, 6.45) is 0.251. The van der Waals surface area contributed by atoms with Crippen LogP contribution < -0.4 is 16.0 Å². The van der Waals surface area contributed by atoms with Crippen LogP contribution in [-0.4, -0.2) is 34.6 Å². The number of benzene rings is 2. The van der Waals surface area contributed by atoms with E-state index in [4.69, 9.17) is 0 Å². The first-order valence-electron chi connectivity index (χ1n) is 9.92. The first kappa shape index (κ1) is 18.5. The number of rotatable bonds is 4. The average Bonchev–Trinajstić information content (AvgIpc) is 3.30. The van der Waals surface area contributed by atoms with Crippen molar-refractivity contribution in [2.75, 3.05) is 5.32 Å². The van der Waals surface area contributed by atoms with E-state index in [9.17, 15) is 19.2 Å². The van der Waals surface area contributed by atoms with E-state index in [0.717, 1.165) is 29.2 Å². The van der Waals surface area contributed by atoms with E-state index < -0.39 is 23.8 Å². The number of nitrogens with one attached hydrogen (secondary N) is 3. The monoisotopic (exact) mass is 404 g/mol. The van der Waals surface area contributed by atoms with Gasteiger partial charge in [-0.25, -0.2) is 0 Å². The predicted molar refractivity (Wildman–Crippen MR) is 107 cm³/mol. The third-order valence-electron chi connectivity index (χ3n) is 5.84. The number of hydrogen-bond donors (Lipinski definition) is 3. The van der Waals surface area contributed by atoms with Gasteiger partial charge in [-0.1, -0.05) is 18.2 Å². The molecule has 1 atom stereocenters. The Balaban J connectivity index is 1.33. The van der Waals surface area contributed by atoms with E-state index in [1.807, 2.05) is 0 Å². The Morgan fingerprint density at radius 1 is 0.933 bits per heavy atom. The summed E-state index contributed by atoms with van der Waals surface area (Å²) in [6.45, 7) is 2.35. The highest BCUT2D eigenvalue weighted by molar-refractivity contribution is 6.23. The fraction of sp³-hybridized carbons (Fsp3) is 0.273. The van der Waals surface area contributed by atoms with Crippen molar-refractivity contribution in [3.05, 3.63) is 64.2 Å². The molecule has 2 aromatic carbocycles. The minimum atomic E-state index is -0.952. The minimum absolute atomic E-state index is 0.104. The second-order valence-electron chi connectivity index (χ2n) is 7.77. The molecule has 5 rings (SSSR count). The molecule has 1 fully saturated rings. The smallest absolute Gasteiger partial charge is 0.262 e. The second kappa shape index (κ2) is 7.07. The van der Waals surface area contributed by atoms with Crippen molar-refractivity contribution in [1.29, 1.82) is 0 Å². The van der Waals surface area contributed by atoms with E-state index in [-0.39, 0.29) is 29.9 Å². The molecule has 1 saturated heterocycles. The van der Waals surface area contributed by atoms with Gasteiger partial charge >= 0.3 is 0 Å². The summed E-state index contributed by atoms with van der Waals surface area (Å²) in [4.78, 5) is 50.1. The minimum Gasteiger partial charge on any atom is -0.381 e. The highest BCUT2D eigenvalue weighted by Gasteiger charge is 2.44. The number of hydrogen-bond acceptors (Lipinski definition) is 6. The first-order valence-corrected chi connectivity index (χ1v) is 9.92. The van der Waals surface area contributed by atoms with Crippen LogP contribution in [0.2, 0.25) is 0 Å². The number of fused-ring (bicyclic) bond motifs is 2. The van der Waals surface area contributed by atoms with Crippen LogP contribution in [0.1, 0.15) is 50.2 Å². The Kier molecular flexibility index (Phi) is 4.36. The number of piperidine rings is 1. The van der Waals surface area contributed by atoms with E-state index in [1.54, 1.807) is 18.2 Å². The van der Waals surface area contributed by atoms with Crippen LogP contribution >= 0.6 is 0 Å². The van der Waals surface area contributed by atoms with Crippen molar-refractivity contribution in [1.82, 2.24) is 15.5 Å². The number of nitrogens with zero attached hydrogens (tertiary/aromatic N) is 1. The Bertz CT molecular complexity index is 1110. The van der Waals surface area contributed by atoms with Gasteiger partial charge in [0.15, 0.2) is 0 Å². The third-order valence-corrected chi connectivity index (χ3v) is 5.84. The molecule has 3 aliphatic heterocycles. The van der Waals surface area contributed by atoms with Gasteiger partial charge in [0.05, 0.1) is 11.1 Å². The van der Waals surface area contributed by atoms with Crippen LogP contribution in [0, 0.1) is 0 Å². The molecular weight excluding hydrogens is 384 g/mol. The van der Waals surface area contributed by atoms with Gasteiger partial charge in [-0.05, 0) is 41.3 Å². The summed E-state index contributed by atoms with van der Waals surface area (Å²) in [5.74, 6) is -1.99. The molecule has 0 spiro atoms. The maximum absolute atomic E-state index is 12.9. The number of carbonyl (C=O) groups excluding carboxylic acids is 4. The van der Waals surface area contributed by atoms with Crippen LogP contribution in [0.3, 0.4) is 0 Å². The fourth-order valence-electron chi connectivity index (χ4n) is 4.24. The van der Waals surface area contributed by atoms with Crippen molar-refractivity contribution in [2.45, 2.75) is 38.5 Å². The predicted octanol–water partition coefficient (Wildman–Crippen LogP) is 1.30. The summed E-state index contributed by atoms with van der Waals surface area (Å²) in [5, 5.41) is 8.82. The fourth-order valence-corrected chi connectivity index (χ4v) is 4.24. The lowest BCUT2D eigenvalue weighted by molar-refractivity contribution is -0.136. The molecule has 8 heteroatoms. The standard InChI is InChI=1S/C22H20N4O4/c27-19-6-5-18(20(28)25-19)26-21(29)16-4-3-15(8-17(16)22(26)30)24-9-12-1-2-13-10-23-11-14(13)7-12/h1-4,7-8,18,23-24H,5-6,9-11H2,(H,25,27,28). The van der Waals surface area contributed by atoms with Gasteiger partial charge in [-0.15, -0.1) is 0 Å². The third kappa shape index (κ3) is 3.05. The first-order chi connectivity index (χ1) is 14.5. The van der Waals surface area contributed by atoms with Crippen molar-refractivity contribution in [3.8, 4) is 0 Å². The lowest BCUT2D eigenvalue weighted by Crippen LogP contribution is -2.54. The summed E-state index contributed by atoms with van der Waals surface area (Å²) < 4.78 is 0. The van der Waals surface area contributed by atoms with Crippen LogP contribution in [-0.2, 0) is 29.2 Å². The van der Waals surface area contributed by atoms with Crippen LogP contribution in [0.25, 0.3) is 0 Å². The van der Waals surface area contributed by atoms with Crippen molar-refractivity contribution in [2.24, 2.45) is 0 Å². The van der Waals surface area contributed by atoms with Crippen LogP contribution in [0.5, 0.6) is 0 Å². The van der Waals surface area contributed by atoms with Gasteiger partial charge in [-0.2, -0.15) is 0 Å². The Morgan fingerprint density at radius 2 is 1.73 bits per heavy atom. The van der Waals surface area contributed by atoms with E-state index >= 15 is 0 Å². The van der Waals surface area contributed by atoms with E-state index in [2.05, 4.69) is 34.1 Å². The van der Waals surface area contributed by atoms with E-state index in [1.165, 1.54) is 11.1 Å². The average molecular weight is 404 g/mol. The zero-order valence-electron chi connectivity index (χ0n) is 16.2. The van der Waals surface area contributed by atoms with Gasteiger partial charge in [-0.3, -0.25) is 29.4 Å². The molecule has 1 unspecified atom stereocenters. The molecule has 0 aliphatic carbocycles. The quantitative estimate of drug-likeness (QED) is 0.663. The molecule has 8 nitrogen and oxygen atoms in total. The SMILES string of the molecule is O=C1CCC(N2C(=O)c3ccc(NCc4ccc5c(c4)CNC5)cc3C2=O)C(=O)N1. The summed E-state index contributed by atoms with van der Waals surface area (Å²) in [6, 6.07) is 10.4. The highest BCUT2D eigenvalue weighted by Crippen LogP contribution is 2.29. The molecule has 30 heavy (non-hydrogen) atoms. The van der Waals surface area contributed by atoms with Gasteiger partial charge in [0.1, 0.15) is 6.04 Å². The number of anilines is 1. The summed E-state index contributed by atoms with van der Waals surface area (Å²) in [7, 11) is 0. The zero-order valence-corrected chi connectivity index (χ0v) is 16.2. The lowest BCUT2D eigenvalue weighted by atomic mass is 10.0. The molecule has 4 amide bonds. The topological polar surface area (TPSA) is 108 Å². The molecule has 152 valence electrons. The van der Waals surface area contributed by atoms with Gasteiger partial charge in [0.25, 0.3) is 11.8 Å². The summed E-state index contributed by atoms with van der Waals surface area (Å²) in [5.41, 5.74) is 5.01. The Hall–Kier alpha value is -3.52. The Morgan fingerprint density at radius 3 is 2.57 bits per heavy atom. The highest BCUT2D eigenvalue weighted by atomic mass is 16.2. The number of amides is 4. The maximum atomic E-state index is 12.9. The lowest BCUT2D eigenvalue weighted by Gasteiger charge is -2.27. The molecule has 3 heterocycles. The molecule has 3 aliphatic rings. The van der Waals surface area contributed by atoms with E-state index in [0.29, 0.717) is 6.54 Å². The number of imide groups is 2. The van der Waals surface area contributed by atoms with Crippen molar-refractivity contribution >= 4 is 29.3 Å². The normalized spacial score (nSPS) is 20.3. The van der Waals surface area contributed by atoms with Gasteiger partial charge < -0.3 is 10.6 Å². The second-order valence-corrected chi connectivity index (χ2v) is 7.77. The molecule has 0 saturated carbocycles. The maximum Gasteiger partial charge on any atom is 0.262 e. The largest absolute Gasteiger partial charge is 0.381 e. The number of carbonyl (C=O) groups is 4. The molecule has 0 radical (unpaired) electrons. The van der Waals surface area contributed by atoms with Crippen molar-refractivity contribution < 1.29 is 19.2 Å². The van der Waals surface area contributed by atoms with Gasteiger partial charge in [0.2, 0.25) is 11.8 Å². The molecule has 3 N–H and O–H groups in total. The van der Waals surface area contributed by atoms with Crippen LogP contribution in [0.4, 0.5) is 5.69 Å². The summed E-state index contributed by atoms with van der Waals surface area (Å²) >= 11 is 0. The molecule has 0 aromatic heterocycles. The van der Waals surface area contributed by atoms with Gasteiger partial charge in [0, 0.05) is 31.7 Å². The molecule has 2 aromatic rings. The zero-order chi connectivity index (χ0) is 20.8. The Labute approximate surface area is 172 Å². The molecular formula is C22H20N4O4. The van der Waals surface area contributed by atoms with Crippen LogP contribution in [0.15, 0.2) is 36.4 Å². The van der Waals surface area contributed by atoms with Crippen molar-refractivity contribution in [3.63, 3.8) is 0 Å².